The molecule has 2 spiro atoms. The number of carboxylic acid groups (broad SMARTS) is 1. The van der Waals surface area contributed by atoms with Crippen LogP contribution in [0.3, 0.4) is 0 Å². The molecular formula is C34H41N9O4. The highest BCUT2D eigenvalue weighted by molar-refractivity contribution is 5.98. The first-order chi connectivity index (χ1) is 22.5. The van der Waals surface area contributed by atoms with Crippen molar-refractivity contribution in [2.75, 3.05) is 52.4 Å². The zero-order chi connectivity index (χ0) is 33.6. The molecule has 47 heavy (non-hydrogen) atoms. The van der Waals surface area contributed by atoms with Gasteiger partial charge in [0.1, 0.15) is 12.4 Å². The van der Waals surface area contributed by atoms with E-state index >= 15 is 0 Å². The highest BCUT2D eigenvalue weighted by Crippen LogP contribution is 2.32. The fourth-order valence-corrected chi connectivity index (χ4v) is 6.46. The first kappa shape index (κ1) is 33.1. The standard InChI is InChI=1S/C17H21N5O3.C17H20N4O/c18-15(19)12-1-3-13(4-2-12)16(25)22-7-5-17(6-8-22)10-21(11-20-17)9-14(23)24;1-2-20-12-17(19-13-20)7-9-21(10-8-17)16(22)15-5-3-14(11-18)4-6-15/h1-4,11H,5-10H2,(H3,18,19)(H,23,24);3-6,13H,2,7-10,12H2,1H3. The number of likely N-dealkylation sites (N-methyl/N-ethyl adjacent to an activating group) is 1. The minimum atomic E-state index is -0.870. The van der Waals surface area contributed by atoms with Crippen LogP contribution in [0.2, 0.25) is 0 Å². The molecule has 4 N–H and O–H groups in total. The Labute approximate surface area is 274 Å². The van der Waals surface area contributed by atoms with Gasteiger partial charge < -0.3 is 30.4 Å². The van der Waals surface area contributed by atoms with Crippen molar-refractivity contribution in [1.82, 2.24) is 19.6 Å². The number of benzene rings is 2. The Morgan fingerprint density at radius 2 is 1.23 bits per heavy atom. The number of likely N-dealkylation sites (tertiary alicyclic amines) is 2. The minimum Gasteiger partial charge on any atom is -0.480 e. The van der Waals surface area contributed by atoms with Gasteiger partial charge in [-0.15, -0.1) is 0 Å². The molecule has 0 saturated carbocycles. The molecule has 0 bridgehead atoms. The summed E-state index contributed by atoms with van der Waals surface area (Å²) in [5.74, 6) is -0.892. The predicted molar refractivity (Wildman–Crippen MR) is 178 cm³/mol. The van der Waals surface area contributed by atoms with Crippen LogP contribution in [0, 0.1) is 16.7 Å². The number of amides is 2. The van der Waals surface area contributed by atoms with Gasteiger partial charge in [0.25, 0.3) is 11.8 Å². The van der Waals surface area contributed by atoms with Gasteiger partial charge in [0, 0.05) is 62.5 Å². The third-order valence-electron chi connectivity index (χ3n) is 9.40. The van der Waals surface area contributed by atoms with E-state index in [1.54, 1.807) is 64.7 Å². The Balaban J connectivity index is 0.000000186. The summed E-state index contributed by atoms with van der Waals surface area (Å²) in [5.41, 5.74) is 7.56. The Morgan fingerprint density at radius 1 is 0.809 bits per heavy atom. The van der Waals surface area contributed by atoms with Gasteiger partial charge in [-0.1, -0.05) is 12.1 Å². The molecular weight excluding hydrogens is 598 g/mol. The van der Waals surface area contributed by atoms with E-state index in [0.717, 1.165) is 51.9 Å². The number of nitrogens with zero attached hydrogens (tertiary/aromatic N) is 7. The number of carbonyl (C=O) groups is 3. The number of nitrogens with two attached hydrogens (primary N) is 1. The molecule has 0 aromatic heterocycles. The van der Waals surface area contributed by atoms with Gasteiger partial charge in [0.2, 0.25) is 0 Å². The zero-order valence-corrected chi connectivity index (χ0v) is 26.6. The SMILES string of the molecule is CCN1C=NC2(CCN(C(=O)c3ccc(C#N)cc3)CC2)C1.N=C(N)c1ccc(C(=O)N2CCC3(CC2)CN(CC(=O)O)C=N3)cc1. The summed E-state index contributed by atoms with van der Waals surface area (Å²) in [6, 6.07) is 15.6. The number of nitrogens with one attached hydrogen (secondary N) is 1. The summed E-state index contributed by atoms with van der Waals surface area (Å²) in [4.78, 5) is 52.8. The summed E-state index contributed by atoms with van der Waals surface area (Å²) < 4.78 is 0. The first-order valence-electron chi connectivity index (χ1n) is 15.9. The molecule has 0 unspecified atom stereocenters. The quantitative estimate of drug-likeness (QED) is 0.318. The molecule has 2 amide bonds. The molecule has 0 aliphatic carbocycles. The molecule has 0 atom stereocenters. The normalized spacial score (nSPS) is 19.0. The van der Waals surface area contributed by atoms with Crippen LogP contribution < -0.4 is 5.73 Å². The van der Waals surface area contributed by atoms with E-state index in [1.807, 2.05) is 11.2 Å². The number of nitrogen functional groups attached to an aromatic ring is 1. The van der Waals surface area contributed by atoms with Gasteiger partial charge >= 0.3 is 5.97 Å². The lowest BCUT2D eigenvalue weighted by atomic mass is 9.88. The summed E-state index contributed by atoms with van der Waals surface area (Å²) in [6.07, 6.45) is 6.85. The highest BCUT2D eigenvalue weighted by atomic mass is 16.4. The molecule has 4 aliphatic rings. The lowest BCUT2D eigenvalue weighted by Crippen LogP contribution is -2.48. The van der Waals surface area contributed by atoms with Crippen molar-refractivity contribution in [3.8, 4) is 6.07 Å². The topological polar surface area (TPSA) is 183 Å². The molecule has 13 heteroatoms. The van der Waals surface area contributed by atoms with Crippen LogP contribution >= 0.6 is 0 Å². The van der Waals surface area contributed by atoms with Crippen LogP contribution in [0.25, 0.3) is 0 Å². The van der Waals surface area contributed by atoms with Crippen LogP contribution in [0.15, 0.2) is 58.5 Å². The Kier molecular flexibility index (Phi) is 9.89. The maximum Gasteiger partial charge on any atom is 0.323 e. The number of amidine groups is 1. The van der Waals surface area contributed by atoms with Crippen LogP contribution in [-0.4, -0.2) is 124 Å². The summed E-state index contributed by atoms with van der Waals surface area (Å²) in [6.45, 7) is 7.31. The first-order valence-corrected chi connectivity index (χ1v) is 15.9. The van der Waals surface area contributed by atoms with Crippen LogP contribution in [0.1, 0.15) is 64.4 Å². The number of rotatable bonds is 6. The number of carboxylic acids is 1. The molecule has 4 aliphatic heterocycles. The predicted octanol–water partition coefficient (Wildman–Crippen LogP) is 2.27. The number of hydrogen-bond acceptors (Lipinski definition) is 9. The maximum absolute atomic E-state index is 12.6. The van der Waals surface area contributed by atoms with Crippen LogP contribution in [0.4, 0.5) is 0 Å². The second-order valence-corrected chi connectivity index (χ2v) is 12.6. The summed E-state index contributed by atoms with van der Waals surface area (Å²) >= 11 is 0. The van der Waals surface area contributed by atoms with Crippen molar-refractivity contribution < 1.29 is 19.5 Å². The molecule has 2 saturated heterocycles. The minimum absolute atomic E-state index is 0.0114. The average molecular weight is 640 g/mol. The van der Waals surface area contributed by atoms with Gasteiger partial charge in [-0.25, -0.2) is 0 Å². The van der Waals surface area contributed by atoms with E-state index < -0.39 is 5.97 Å². The fourth-order valence-electron chi connectivity index (χ4n) is 6.46. The second-order valence-electron chi connectivity index (χ2n) is 12.6. The lowest BCUT2D eigenvalue weighted by Gasteiger charge is -2.37. The van der Waals surface area contributed by atoms with Gasteiger partial charge in [-0.3, -0.25) is 29.8 Å². The van der Waals surface area contributed by atoms with E-state index in [2.05, 4.69) is 22.9 Å². The van der Waals surface area contributed by atoms with Crippen molar-refractivity contribution in [2.24, 2.45) is 15.7 Å². The van der Waals surface area contributed by atoms with Gasteiger partial charge in [0.05, 0.1) is 35.4 Å². The number of piperidine rings is 2. The summed E-state index contributed by atoms with van der Waals surface area (Å²) in [5, 5.41) is 25.1. The van der Waals surface area contributed by atoms with Gasteiger partial charge in [-0.2, -0.15) is 5.26 Å². The van der Waals surface area contributed by atoms with Crippen molar-refractivity contribution in [3.63, 3.8) is 0 Å². The van der Waals surface area contributed by atoms with Gasteiger partial charge in [0.15, 0.2) is 0 Å². The zero-order valence-electron chi connectivity index (χ0n) is 26.6. The molecule has 4 heterocycles. The Hall–Kier alpha value is -5.25. The molecule has 0 radical (unpaired) electrons. The molecule has 6 rings (SSSR count). The highest BCUT2D eigenvalue weighted by Gasteiger charge is 2.41. The number of carbonyl (C=O) groups excluding carboxylic acids is 2. The number of hydrogen-bond donors (Lipinski definition) is 3. The third kappa shape index (κ3) is 7.77. The van der Waals surface area contributed by atoms with E-state index in [9.17, 15) is 14.4 Å². The number of nitriles is 1. The van der Waals surface area contributed by atoms with Crippen LogP contribution in [0.5, 0.6) is 0 Å². The third-order valence-corrected chi connectivity index (χ3v) is 9.40. The monoisotopic (exact) mass is 639 g/mol. The number of aliphatic imine (C=N–C) groups is 2. The van der Waals surface area contributed by atoms with Crippen molar-refractivity contribution >= 4 is 36.3 Å². The smallest absolute Gasteiger partial charge is 0.323 e. The number of aliphatic carboxylic acids is 1. The van der Waals surface area contributed by atoms with E-state index in [1.165, 1.54) is 0 Å². The lowest BCUT2D eigenvalue weighted by molar-refractivity contribution is -0.137. The fraction of sp³-hybridized carbons (Fsp3) is 0.441. The average Bonchev–Trinajstić information content (AvgIpc) is 3.68. The van der Waals surface area contributed by atoms with Crippen LogP contribution in [-0.2, 0) is 4.79 Å². The molecule has 2 aromatic carbocycles. The van der Waals surface area contributed by atoms with Crippen molar-refractivity contribution in [1.29, 1.82) is 10.7 Å². The Morgan fingerprint density at radius 3 is 1.64 bits per heavy atom. The maximum atomic E-state index is 12.6. The second kappa shape index (κ2) is 14.0. The van der Waals surface area contributed by atoms with E-state index in [4.69, 9.17) is 26.5 Å². The van der Waals surface area contributed by atoms with E-state index in [0.29, 0.717) is 41.9 Å². The van der Waals surface area contributed by atoms with Crippen molar-refractivity contribution in [3.05, 3.63) is 70.8 Å². The van der Waals surface area contributed by atoms with Crippen molar-refractivity contribution in [2.45, 2.75) is 43.7 Å². The van der Waals surface area contributed by atoms with E-state index in [-0.39, 0.29) is 35.3 Å². The molecule has 2 aromatic rings. The molecule has 2 fully saturated rings. The Bertz CT molecular complexity index is 1580. The molecule has 246 valence electrons. The van der Waals surface area contributed by atoms with Gasteiger partial charge in [-0.05, 0) is 69.0 Å². The molecule has 13 nitrogen and oxygen atoms in total. The largest absolute Gasteiger partial charge is 0.480 e. The summed E-state index contributed by atoms with van der Waals surface area (Å²) in [7, 11) is 0.